The molecular weight excluding hydrogens is 406 g/mol. The Hall–Kier alpha value is -2.35. The van der Waals surface area contributed by atoms with Crippen molar-refractivity contribution in [1.82, 2.24) is 0 Å². The summed E-state index contributed by atoms with van der Waals surface area (Å²) in [5.74, 6) is -0.609. The summed E-state index contributed by atoms with van der Waals surface area (Å²) >= 11 is 7.08. The molecule has 0 aliphatic carbocycles. The molecule has 0 spiro atoms. The zero-order valence-corrected chi connectivity index (χ0v) is 16.9. The number of hydrogen-bond donors (Lipinski definition) is 1. The molecule has 0 aliphatic heterocycles. The second kappa shape index (κ2) is 7.72. The number of methoxy groups -OCH3 is 1. The Balaban J connectivity index is 2.12. The molecule has 27 heavy (non-hydrogen) atoms. The standard InChI is InChI=1S/C19H16ClNO4S2/c1-12-16(13-7-4-3-5-8-13)17(19(22)25-2)18(26-12)21-27(23,24)15-10-6-9-14(20)11-15/h3-11,21H,1-2H3. The van der Waals surface area contributed by atoms with E-state index in [0.29, 0.717) is 10.6 Å². The monoisotopic (exact) mass is 421 g/mol. The molecule has 3 rings (SSSR count). The summed E-state index contributed by atoms with van der Waals surface area (Å²) in [5.41, 5.74) is 1.65. The van der Waals surface area contributed by atoms with E-state index in [9.17, 15) is 13.2 Å². The minimum atomic E-state index is -3.92. The lowest BCUT2D eigenvalue weighted by molar-refractivity contribution is 0.0603. The summed E-state index contributed by atoms with van der Waals surface area (Å²) in [7, 11) is -2.65. The fourth-order valence-electron chi connectivity index (χ4n) is 2.68. The third-order valence-electron chi connectivity index (χ3n) is 3.87. The third kappa shape index (κ3) is 4.00. The van der Waals surface area contributed by atoms with Crippen molar-refractivity contribution < 1.29 is 17.9 Å². The number of rotatable bonds is 5. The number of thiophene rings is 1. The number of esters is 1. The fraction of sp³-hybridized carbons (Fsp3) is 0.105. The average Bonchev–Trinajstić information content (AvgIpc) is 2.97. The van der Waals surface area contributed by atoms with E-state index in [4.69, 9.17) is 16.3 Å². The maximum absolute atomic E-state index is 12.8. The van der Waals surface area contributed by atoms with Gasteiger partial charge in [-0.1, -0.05) is 48.0 Å². The Labute approximate surface area is 166 Å². The number of hydrogen-bond acceptors (Lipinski definition) is 5. The first-order valence-corrected chi connectivity index (χ1v) is 10.6. The van der Waals surface area contributed by atoms with Crippen molar-refractivity contribution in [2.45, 2.75) is 11.8 Å². The highest BCUT2D eigenvalue weighted by Gasteiger charge is 2.27. The molecule has 3 aromatic rings. The van der Waals surface area contributed by atoms with Gasteiger partial charge < -0.3 is 4.74 Å². The molecule has 1 heterocycles. The molecule has 0 atom stereocenters. The van der Waals surface area contributed by atoms with Crippen molar-refractivity contribution in [2.24, 2.45) is 0 Å². The van der Waals surface area contributed by atoms with Crippen LogP contribution in [-0.4, -0.2) is 21.5 Å². The summed E-state index contributed by atoms with van der Waals surface area (Å²) in [5, 5.41) is 0.511. The van der Waals surface area contributed by atoms with Crippen molar-refractivity contribution in [2.75, 3.05) is 11.8 Å². The van der Waals surface area contributed by atoms with Crippen molar-refractivity contribution in [3.63, 3.8) is 0 Å². The van der Waals surface area contributed by atoms with Crippen LogP contribution in [0.4, 0.5) is 5.00 Å². The number of sulfonamides is 1. The quantitative estimate of drug-likeness (QED) is 0.590. The molecule has 1 aromatic heterocycles. The van der Waals surface area contributed by atoms with Gasteiger partial charge in [0.25, 0.3) is 10.0 Å². The second-order valence-electron chi connectivity index (χ2n) is 5.66. The maximum Gasteiger partial charge on any atom is 0.341 e. The topological polar surface area (TPSA) is 72.5 Å². The predicted molar refractivity (Wildman–Crippen MR) is 108 cm³/mol. The predicted octanol–water partition coefficient (Wildman–Crippen LogP) is 4.96. The van der Waals surface area contributed by atoms with E-state index >= 15 is 0 Å². The lowest BCUT2D eigenvalue weighted by atomic mass is 10.0. The number of aryl methyl sites for hydroxylation is 1. The molecule has 5 nitrogen and oxygen atoms in total. The Morgan fingerprint density at radius 3 is 2.44 bits per heavy atom. The number of carbonyl (C=O) groups excluding carboxylic acids is 1. The summed E-state index contributed by atoms with van der Waals surface area (Å²) in [6.45, 7) is 1.83. The van der Waals surface area contributed by atoms with Gasteiger partial charge in [-0.3, -0.25) is 4.72 Å². The molecule has 0 unspecified atom stereocenters. The number of benzene rings is 2. The van der Waals surface area contributed by atoms with Crippen LogP contribution in [0.2, 0.25) is 5.02 Å². The van der Waals surface area contributed by atoms with Gasteiger partial charge in [0.05, 0.1) is 12.0 Å². The van der Waals surface area contributed by atoms with Crippen LogP contribution in [0.3, 0.4) is 0 Å². The molecule has 1 N–H and O–H groups in total. The lowest BCUT2D eigenvalue weighted by Crippen LogP contribution is -2.15. The van der Waals surface area contributed by atoms with Gasteiger partial charge in [-0.2, -0.15) is 0 Å². The number of carbonyl (C=O) groups is 1. The number of halogens is 1. The molecule has 140 valence electrons. The van der Waals surface area contributed by atoms with Crippen LogP contribution in [0, 0.1) is 6.92 Å². The van der Waals surface area contributed by atoms with Gasteiger partial charge in [0.2, 0.25) is 0 Å². The molecular formula is C19H16ClNO4S2. The summed E-state index contributed by atoms with van der Waals surface area (Å²) < 4.78 is 32.9. The van der Waals surface area contributed by atoms with Crippen molar-refractivity contribution in [1.29, 1.82) is 0 Å². The van der Waals surface area contributed by atoms with E-state index in [-0.39, 0.29) is 15.5 Å². The van der Waals surface area contributed by atoms with Gasteiger partial charge in [-0.05, 0) is 30.7 Å². The molecule has 0 fully saturated rings. The first-order valence-electron chi connectivity index (χ1n) is 7.89. The Morgan fingerprint density at radius 2 is 1.81 bits per heavy atom. The Kier molecular flexibility index (Phi) is 5.55. The normalized spacial score (nSPS) is 11.2. The van der Waals surface area contributed by atoms with Crippen LogP contribution in [0.25, 0.3) is 11.1 Å². The van der Waals surface area contributed by atoms with Crippen molar-refractivity contribution in [3.05, 3.63) is 70.1 Å². The van der Waals surface area contributed by atoms with Gasteiger partial charge in [-0.15, -0.1) is 11.3 Å². The molecule has 0 radical (unpaired) electrons. The van der Waals surface area contributed by atoms with Crippen LogP contribution < -0.4 is 4.72 Å². The van der Waals surface area contributed by atoms with E-state index in [0.717, 1.165) is 10.4 Å². The molecule has 8 heteroatoms. The van der Waals surface area contributed by atoms with E-state index in [1.165, 1.54) is 30.6 Å². The summed E-state index contributed by atoms with van der Waals surface area (Å²) in [4.78, 5) is 13.3. The van der Waals surface area contributed by atoms with E-state index in [1.807, 2.05) is 37.3 Å². The first-order chi connectivity index (χ1) is 12.8. The minimum Gasteiger partial charge on any atom is -0.465 e. The SMILES string of the molecule is COC(=O)c1c(NS(=O)(=O)c2cccc(Cl)c2)sc(C)c1-c1ccccc1. The summed E-state index contributed by atoms with van der Waals surface area (Å²) in [6, 6.07) is 15.2. The molecule has 0 amide bonds. The molecule has 0 aliphatic rings. The highest BCUT2D eigenvalue weighted by molar-refractivity contribution is 7.93. The summed E-state index contributed by atoms with van der Waals surface area (Å²) in [6.07, 6.45) is 0. The molecule has 0 saturated heterocycles. The molecule has 2 aromatic carbocycles. The minimum absolute atomic E-state index is 0.0122. The highest BCUT2D eigenvalue weighted by Crippen LogP contribution is 2.41. The van der Waals surface area contributed by atoms with Crippen molar-refractivity contribution >= 4 is 43.9 Å². The van der Waals surface area contributed by atoms with Gasteiger partial charge in [-0.25, -0.2) is 13.2 Å². The van der Waals surface area contributed by atoms with Crippen LogP contribution in [0.5, 0.6) is 0 Å². The second-order valence-corrected chi connectivity index (χ2v) is 9.00. The van der Waals surface area contributed by atoms with E-state index in [1.54, 1.807) is 12.1 Å². The third-order valence-corrected chi connectivity index (χ3v) is 6.60. The van der Waals surface area contributed by atoms with Gasteiger partial charge in [0.1, 0.15) is 10.6 Å². The smallest absolute Gasteiger partial charge is 0.341 e. The lowest BCUT2D eigenvalue weighted by Gasteiger charge is -2.10. The largest absolute Gasteiger partial charge is 0.465 e. The molecule has 0 bridgehead atoms. The Morgan fingerprint density at radius 1 is 1.11 bits per heavy atom. The molecule has 0 saturated carbocycles. The van der Waals surface area contributed by atoms with Crippen LogP contribution in [0.15, 0.2) is 59.5 Å². The van der Waals surface area contributed by atoms with Crippen molar-refractivity contribution in [3.8, 4) is 11.1 Å². The van der Waals surface area contributed by atoms with Gasteiger partial charge in [0, 0.05) is 15.5 Å². The van der Waals surface area contributed by atoms with Crippen LogP contribution in [0.1, 0.15) is 15.2 Å². The van der Waals surface area contributed by atoms with Gasteiger partial charge >= 0.3 is 5.97 Å². The fourth-order valence-corrected chi connectivity index (χ4v) is 5.35. The first kappa shape index (κ1) is 19.4. The van der Waals surface area contributed by atoms with E-state index in [2.05, 4.69) is 4.72 Å². The zero-order valence-electron chi connectivity index (χ0n) is 14.5. The highest BCUT2D eigenvalue weighted by atomic mass is 35.5. The average molecular weight is 422 g/mol. The number of ether oxygens (including phenoxy) is 1. The number of nitrogens with one attached hydrogen (secondary N) is 1. The zero-order chi connectivity index (χ0) is 19.6. The van der Waals surface area contributed by atoms with E-state index < -0.39 is 16.0 Å². The van der Waals surface area contributed by atoms with Crippen LogP contribution in [-0.2, 0) is 14.8 Å². The van der Waals surface area contributed by atoms with Gasteiger partial charge in [0.15, 0.2) is 0 Å². The Bertz CT molecular complexity index is 1090. The van der Waals surface area contributed by atoms with Crippen LogP contribution >= 0.6 is 22.9 Å². The maximum atomic E-state index is 12.8. The number of anilines is 1.